The van der Waals surface area contributed by atoms with Crippen molar-refractivity contribution in [2.75, 3.05) is 0 Å². The zero-order valence-corrected chi connectivity index (χ0v) is 30.1. The third-order valence-corrected chi connectivity index (χ3v) is 11.3. The van der Waals surface area contributed by atoms with Gasteiger partial charge in [-0.1, -0.05) is 152 Å². The fraction of sp³-hybridized carbons (Fsp3) is 0. The van der Waals surface area contributed by atoms with Crippen LogP contribution in [-0.4, -0.2) is 23.9 Å². The molecule has 0 aliphatic heterocycles. The Balaban J connectivity index is 1.06. The fourth-order valence-electron chi connectivity index (χ4n) is 8.75. The molecule has 56 heavy (non-hydrogen) atoms. The molecule has 0 amide bonds. The predicted octanol–water partition coefficient (Wildman–Crippen LogP) is 12.8. The zero-order valence-electron chi connectivity index (χ0n) is 30.1. The first-order valence-corrected chi connectivity index (χ1v) is 19.0. The van der Waals surface area contributed by atoms with Crippen molar-refractivity contribution < 1.29 is 0 Å². The van der Waals surface area contributed by atoms with E-state index in [4.69, 9.17) is 15.0 Å². The molecule has 0 aliphatic carbocycles. The summed E-state index contributed by atoms with van der Waals surface area (Å²) in [5, 5.41) is 7.56. The van der Waals surface area contributed by atoms with Crippen molar-refractivity contribution in [1.82, 2.24) is 23.9 Å². The molecule has 0 saturated heterocycles. The summed E-state index contributed by atoms with van der Waals surface area (Å²) >= 11 is 0. The van der Waals surface area contributed by atoms with E-state index < -0.39 is 0 Å². The van der Waals surface area contributed by atoms with E-state index in [2.05, 4.69) is 161 Å². The summed E-state index contributed by atoms with van der Waals surface area (Å²) in [6.45, 7) is 0. The third kappa shape index (κ3) is 4.58. The number of fused-ring (bicyclic) bond motifs is 9. The average Bonchev–Trinajstić information content (AvgIpc) is 3.91. The molecule has 12 aromatic rings. The first-order valence-electron chi connectivity index (χ1n) is 19.0. The Labute approximate surface area is 321 Å². The van der Waals surface area contributed by atoms with Crippen LogP contribution in [0.3, 0.4) is 0 Å². The van der Waals surface area contributed by atoms with E-state index >= 15 is 0 Å². The second kappa shape index (κ2) is 11.9. The lowest BCUT2D eigenvalue weighted by atomic mass is 10.0. The third-order valence-electron chi connectivity index (χ3n) is 11.3. The molecule has 0 saturated carbocycles. The summed E-state index contributed by atoms with van der Waals surface area (Å²) in [5.41, 5.74) is 12.2. The molecule has 0 fully saturated rings. The van der Waals surface area contributed by atoms with Gasteiger partial charge in [0.1, 0.15) is 0 Å². The summed E-state index contributed by atoms with van der Waals surface area (Å²) < 4.78 is 4.85. The minimum absolute atomic E-state index is 0.626. The number of hydrogen-bond acceptors (Lipinski definition) is 3. The van der Waals surface area contributed by atoms with Gasteiger partial charge in [0.2, 0.25) is 0 Å². The second-order valence-electron chi connectivity index (χ2n) is 14.5. The highest BCUT2D eigenvalue weighted by Crippen LogP contribution is 2.43. The first-order chi connectivity index (χ1) is 27.8. The van der Waals surface area contributed by atoms with E-state index in [0.29, 0.717) is 17.5 Å². The van der Waals surface area contributed by atoms with Crippen LogP contribution in [0.1, 0.15) is 0 Å². The van der Waals surface area contributed by atoms with Crippen molar-refractivity contribution in [2.45, 2.75) is 0 Å². The van der Waals surface area contributed by atoms with Gasteiger partial charge in [-0.15, -0.1) is 0 Å². The summed E-state index contributed by atoms with van der Waals surface area (Å²) in [5.74, 6) is 1.90. The summed E-state index contributed by atoms with van der Waals surface area (Å²) in [7, 11) is 0. The van der Waals surface area contributed by atoms with Crippen LogP contribution in [0.25, 0.3) is 111 Å². The van der Waals surface area contributed by atoms with Gasteiger partial charge in [-0.3, -0.25) is 0 Å². The highest BCUT2D eigenvalue weighted by Gasteiger charge is 2.21. The molecular weight excluding hydrogens is 683 g/mol. The van der Waals surface area contributed by atoms with Gasteiger partial charge in [0.05, 0.1) is 27.6 Å². The quantitative estimate of drug-likeness (QED) is 0.178. The van der Waals surface area contributed by atoms with Gasteiger partial charge in [0, 0.05) is 54.7 Å². The van der Waals surface area contributed by atoms with Gasteiger partial charge in [-0.25, -0.2) is 15.0 Å². The molecule has 0 bridgehead atoms. The average molecular weight is 714 g/mol. The Morgan fingerprint density at radius 2 is 0.768 bits per heavy atom. The van der Waals surface area contributed by atoms with Gasteiger partial charge in [-0.2, -0.15) is 0 Å². The van der Waals surface area contributed by atoms with Crippen molar-refractivity contribution in [3.8, 4) is 51.0 Å². The minimum atomic E-state index is 0.626. The largest absolute Gasteiger partial charge is 0.309 e. The van der Waals surface area contributed by atoms with E-state index in [0.717, 1.165) is 39.0 Å². The molecule has 5 heteroatoms. The van der Waals surface area contributed by atoms with Crippen LogP contribution in [0, 0.1) is 0 Å². The van der Waals surface area contributed by atoms with Crippen molar-refractivity contribution in [1.29, 1.82) is 0 Å². The van der Waals surface area contributed by atoms with E-state index in [1.54, 1.807) is 0 Å². The molecule has 4 aromatic heterocycles. The molecule has 0 aliphatic rings. The number of para-hydroxylation sites is 3. The van der Waals surface area contributed by atoms with Crippen molar-refractivity contribution in [2.24, 2.45) is 0 Å². The van der Waals surface area contributed by atoms with E-state index in [1.165, 1.54) is 54.4 Å². The molecule has 0 atom stereocenters. The van der Waals surface area contributed by atoms with E-state index in [1.807, 2.05) is 36.4 Å². The normalized spacial score (nSPS) is 11.9. The standard InChI is InChI=1S/C51H31N5/c1-3-13-32(14-4-1)33-25-27-35(28-26-33)50-52-49(34-15-5-2-6-16-34)53-51(54-50)36-17-11-18-37(29-36)55-44-23-9-8-20-39(44)42-30-43-41-22-12-21-40-38-19-7-10-24-45(38)56(48(40)41)47(43)31-46(42)55/h1-31H. The molecule has 0 radical (unpaired) electrons. The molecule has 12 rings (SSSR count). The lowest BCUT2D eigenvalue weighted by molar-refractivity contribution is 1.07. The van der Waals surface area contributed by atoms with Crippen molar-refractivity contribution in [3.05, 3.63) is 188 Å². The van der Waals surface area contributed by atoms with Gasteiger partial charge in [-0.05, 0) is 47.5 Å². The van der Waals surface area contributed by atoms with Crippen LogP contribution in [0.4, 0.5) is 0 Å². The summed E-state index contributed by atoms with van der Waals surface area (Å²) in [4.78, 5) is 15.2. The SMILES string of the molecule is c1ccc(-c2ccc(-c3nc(-c4ccccc4)nc(-c4cccc(-n5c6ccccc6c6cc7c8cccc9c%10ccccc%10n(c7cc65)c98)c4)n3)cc2)cc1. The maximum atomic E-state index is 5.13. The first kappa shape index (κ1) is 30.8. The Hall–Kier alpha value is -7.63. The second-order valence-corrected chi connectivity index (χ2v) is 14.5. The topological polar surface area (TPSA) is 48.0 Å². The van der Waals surface area contributed by atoms with Crippen LogP contribution < -0.4 is 0 Å². The Morgan fingerprint density at radius 1 is 0.286 bits per heavy atom. The Morgan fingerprint density at radius 3 is 1.50 bits per heavy atom. The molecule has 0 unspecified atom stereocenters. The maximum absolute atomic E-state index is 5.13. The predicted molar refractivity (Wildman–Crippen MR) is 231 cm³/mol. The molecule has 5 nitrogen and oxygen atoms in total. The van der Waals surface area contributed by atoms with Crippen LogP contribution in [0.5, 0.6) is 0 Å². The monoisotopic (exact) mass is 713 g/mol. The highest BCUT2D eigenvalue weighted by molar-refractivity contribution is 6.26. The fourth-order valence-corrected chi connectivity index (χ4v) is 8.75. The lowest BCUT2D eigenvalue weighted by Crippen LogP contribution is -2.01. The van der Waals surface area contributed by atoms with Gasteiger partial charge < -0.3 is 8.97 Å². The van der Waals surface area contributed by atoms with Crippen molar-refractivity contribution >= 4 is 59.9 Å². The van der Waals surface area contributed by atoms with Crippen LogP contribution in [0.2, 0.25) is 0 Å². The lowest BCUT2D eigenvalue weighted by Gasteiger charge is -2.12. The molecule has 0 spiro atoms. The number of nitrogens with zero attached hydrogens (tertiary/aromatic N) is 5. The van der Waals surface area contributed by atoms with Crippen LogP contribution in [0.15, 0.2) is 188 Å². The molecule has 4 heterocycles. The summed E-state index contributed by atoms with van der Waals surface area (Å²) in [6, 6.07) is 66.6. The van der Waals surface area contributed by atoms with Crippen LogP contribution >= 0.6 is 0 Å². The molecular formula is C51H31N5. The molecule has 260 valence electrons. The van der Waals surface area contributed by atoms with E-state index in [-0.39, 0.29) is 0 Å². The maximum Gasteiger partial charge on any atom is 0.164 e. The minimum Gasteiger partial charge on any atom is -0.309 e. The van der Waals surface area contributed by atoms with E-state index in [9.17, 15) is 0 Å². The van der Waals surface area contributed by atoms with Gasteiger partial charge in [0.15, 0.2) is 17.5 Å². The number of rotatable bonds is 5. The summed E-state index contributed by atoms with van der Waals surface area (Å²) in [6.07, 6.45) is 0. The molecule has 0 N–H and O–H groups in total. The smallest absolute Gasteiger partial charge is 0.164 e. The zero-order chi connectivity index (χ0) is 36.7. The highest BCUT2D eigenvalue weighted by atomic mass is 15.0. The number of aromatic nitrogens is 5. The number of benzene rings is 8. The molecule has 8 aromatic carbocycles. The number of hydrogen-bond donors (Lipinski definition) is 0. The van der Waals surface area contributed by atoms with Crippen molar-refractivity contribution in [3.63, 3.8) is 0 Å². The Kier molecular flexibility index (Phi) is 6.56. The van der Waals surface area contributed by atoms with Gasteiger partial charge >= 0.3 is 0 Å². The van der Waals surface area contributed by atoms with Gasteiger partial charge in [0.25, 0.3) is 0 Å². The Bertz CT molecular complexity index is 3450. The van der Waals surface area contributed by atoms with Crippen LogP contribution in [-0.2, 0) is 0 Å².